The summed E-state index contributed by atoms with van der Waals surface area (Å²) in [6.45, 7) is 3.47. The van der Waals surface area contributed by atoms with Gasteiger partial charge in [0.1, 0.15) is 0 Å². The maximum atomic E-state index is 12.9. The van der Waals surface area contributed by atoms with Crippen molar-refractivity contribution < 1.29 is 14.3 Å². The average Bonchev–Trinajstić information content (AvgIpc) is 3.22. The van der Waals surface area contributed by atoms with Gasteiger partial charge in [0.15, 0.2) is 0 Å². The summed E-state index contributed by atoms with van der Waals surface area (Å²) in [5.74, 6) is 0.593. The van der Waals surface area contributed by atoms with E-state index in [1.807, 2.05) is 9.80 Å². The lowest BCUT2D eigenvalue weighted by Gasteiger charge is -2.28. The summed E-state index contributed by atoms with van der Waals surface area (Å²) >= 11 is 6.02. The van der Waals surface area contributed by atoms with Crippen molar-refractivity contribution in [2.75, 3.05) is 32.8 Å². The minimum absolute atomic E-state index is 0.00958. The lowest BCUT2D eigenvalue weighted by Crippen LogP contribution is -2.43. The van der Waals surface area contributed by atoms with Crippen molar-refractivity contribution in [3.05, 3.63) is 34.9 Å². The molecule has 3 atom stereocenters. The van der Waals surface area contributed by atoms with E-state index in [0.29, 0.717) is 29.7 Å². The third kappa shape index (κ3) is 3.27. The molecule has 3 saturated heterocycles. The summed E-state index contributed by atoms with van der Waals surface area (Å²) in [5, 5.41) is 0.571. The number of likely N-dealkylation sites (tertiary alicyclic amines) is 2. The fourth-order valence-corrected chi connectivity index (χ4v) is 4.57. The number of carbonyl (C=O) groups excluding carboxylic acids is 2. The summed E-state index contributed by atoms with van der Waals surface area (Å²) in [6.07, 6.45) is 2.83. The predicted octanol–water partition coefficient (Wildman–Crippen LogP) is 2.44. The van der Waals surface area contributed by atoms with Crippen LogP contribution in [0, 0.1) is 11.8 Å². The maximum absolute atomic E-state index is 12.9. The van der Waals surface area contributed by atoms with Gasteiger partial charge in [-0.2, -0.15) is 0 Å². The lowest BCUT2D eigenvalue weighted by molar-refractivity contribution is -0.139. The number of benzene rings is 1. The second-order valence-corrected chi connectivity index (χ2v) is 7.72. The van der Waals surface area contributed by atoms with Crippen molar-refractivity contribution in [2.45, 2.75) is 25.3 Å². The average molecular weight is 363 g/mol. The van der Waals surface area contributed by atoms with Crippen molar-refractivity contribution in [3.8, 4) is 0 Å². The van der Waals surface area contributed by atoms with Crippen molar-refractivity contribution >= 4 is 23.4 Å². The molecule has 0 radical (unpaired) electrons. The Morgan fingerprint density at radius 3 is 2.84 bits per heavy atom. The molecule has 1 aromatic carbocycles. The molecule has 1 unspecified atom stereocenters. The molecule has 3 aliphatic heterocycles. The zero-order valence-corrected chi connectivity index (χ0v) is 15.0. The first-order valence-corrected chi connectivity index (χ1v) is 9.44. The maximum Gasteiger partial charge on any atom is 0.254 e. The lowest BCUT2D eigenvalue weighted by atomic mass is 10.0. The molecule has 0 saturated carbocycles. The van der Waals surface area contributed by atoms with Crippen LogP contribution in [0.2, 0.25) is 5.02 Å². The minimum Gasteiger partial charge on any atom is -0.381 e. The predicted molar refractivity (Wildman–Crippen MR) is 94.5 cm³/mol. The van der Waals surface area contributed by atoms with Crippen LogP contribution in [0.1, 0.15) is 29.6 Å². The van der Waals surface area contributed by atoms with E-state index in [1.54, 1.807) is 24.3 Å². The molecule has 0 aliphatic carbocycles. The summed E-state index contributed by atoms with van der Waals surface area (Å²) in [7, 11) is 0. The monoisotopic (exact) mass is 362 g/mol. The van der Waals surface area contributed by atoms with Crippen LogP contribution in [0.3, 0.4) is 0 Å². The van der Waals surface area contributed by atoms with Gasteiger partial charge in [-0.15, -0.1) is 0 Å². The zero-order valence-electron chi connectivity index (χ0n) is 14.2. The Hall–Kier alpha value is -1.59. The Labute approximate surface area is 152 Å². The van der Waals surface area contributed by atoms with Crippen molar-refractivity contribution in [2.24, 2.45) is 11.8 Å². The summed E-state index contributed by atoms with van der Waals surface area (Å²) in [6, 6.07) is 7.22. The highest BCUT2D eigenvalue weighted by molar-refractivity contribution is 6.30. The molecule has 0 N–H and O–H groups in total. The van der Waals surface area contributed by atoms with Crippen LogP contribution in [0.25, 0.3) is 0 Å². The number of rotatable bonds is 2. The molecule has 25 heavy (non-hydrogen) atoms. The van der Waals surface area contributed by atoms with Gasteiger partial charge in [-0.1, -0.05) is 17.7 Å². The van der Waals surface area contributed by atoms with E-state index in [1.165, 1.54) is 0 Å². The van der Waals surface area contributed by atoms with E-state index in [-0.39, 0.29) is 23.8 Å². The van der Waals surface area contributed by atoms with Crippen LogP contribution in [0.5, 0.6) is 0 Å². The first kappa shape index (κ1) is 16.9. The molecule has 3 heterocycles. The Bertz CT molecular complexity index is 674. The molecule has 5 nitrogen and oxygen atoms in total. The number of halogens is 1. The number of hydrogen-bond donors (Lipinski definition) is 0. The van der Waals surface area contributed by atoms with Crippen LogP contribution >= 0.6 is 11.6 Å². The van der Waals surface area contributed by atoms with Gasteiger partial charge < -0.3 is 14.5 Å². The highest BCUT2D eigenvalue weighted by Gasteiger charge is 2.45. The van der Waals surface area contributed by atoms with Crippen molar-refractivity contribution in [1.82, 2.24) is 9.80 Å². The van der Waals surface area contributed by atoms with E-state index in [4.69, 9.17) is 16.3 Å². The van der Waals surface area contributed by atoms with Gasteiger partial charge in [0.05, 0.1) is 18.6 Å². The third-order valence-electron chi connectivity index (χ3n) is 5.70. The van der Waals surface area contributed by atoms with Crippen molar-refractivity contribution in [3.63, 3.8) is 0 Å². The Balaban J connectivity index is 1.44. The molecule has 3 aliphatic rings. The van der Waals surface area contributed by atoms with Gasteiger partial charge in [0, 0.05) is 42.7 Å². The minimum atomic E-state index is -0.00958. The van der Waals surface area contributed by atoms with E-state index >= 15 is 0 Å². The molecule has 0 aromatic heterocycles. The molecule has 0 bridgehead atoms. The van der Waals surface area contributed by atoms with E-state index in [9.17, 15) is 9.59 Å². The van der Waals surface area contributed by atoms with Crippen LogP contribution in [0.15, 0.2) is 24.3 Å². The van der Waals surface area contributed by atoms with Crippen molar-refractivity contribution in [1.29, 1.82) is 0 Å². The first-order valence-electron chi connectivity index (χ1n) is 9.06. The number of fused-ring (bicyclic) bond motifs is 1. The number of ether oxygens (including phenoxy) is 1. The van der Waals surface area contributed by atoms with E-state index in [0.717, 1.165) is 39.0 Å². The van der Waals surface area contributed by atoms with Gasteiger partial charge in [0.25, 0.3) is 5.91 Å². The zero-order chi connectivity index (χ0) is 17.4. The van der Waals surface area contributed by atoms with E-state index < -0.39 is 0 Å². The molecular formula is C19H23ClN2O3. The van der Waals surface area contributed by atoms with Crippen LogP contribution in [-0.2, 0) is 9.53 Å². The molecule has 6 heteroatoms. The molecule has 2 amide bonds. The fourth-order valence-electron chi connectivity index (χ4n) is 4.37. The number of nitrogens with zero attached hydrogens (tertiary/aromatic N) is 2. The first-order chi connectivity index (χ1) is 12.1. The standard InChI is InChI=1S/C19H23ClN2O3/c20-16-5-1-3-13(9-16)19(24)22-7-6-14-10-21(11-17(14)22)18(23)15-4-2-8-25-12-15/h1,3,5,9,14-15,17H,2,4,6-8,10-12H2/t14-,15?,17+/m1/s1. The smallest absolute Gasteiger partial charge is 0.254 e. The highest BCUT2D eigenvalue weighted by Crippen LogP contribution is 2.34. The topological polar surface area (TPSA) is 49.9 Å². The van der Waals surface area contributed by atoms with Gasteiger partial charge in [-0.3, -0.25) is 9.59 Å². The molecule has 4 rings (SSSR count). The highest BCUT2D eigenvalue weighted by atomic mass is 35.5. The van der Waals surface area contributed by atoms with Gasteiger partial charge in [0.2, 0.25) is 5.91 Å². The van der Waals surface area contributed by atoms with Gasteiger partial charge >= 0.3 is 0 Å². The van der Waals surface area contributed by atoms with Crippen LogP contribution in [0.4, 0.5) is 0 Å². The normalized spacial score (nSPS) is 28.9. The Morgan fingerprint density at radius 2 is 2.08 bits per heavy atom. The third-order valence-corrected chi connectivity index (χ3v) is 5.94. The largest absolute Gasteiger partial charge is 0.381 e. The van der Waals surface area contributed by atoms with Crippen LogP contribution in [-0.4, -0.2) is 60.5 Å². The Kier molecular flexibility index (Phi) is 4.69. The van der Waals surface area contributed by atoms with Crippen LogP contribution < -0.4 is 0 Å². The SMILES string of the molecule is O=C(C1CCCOC1)N1C[C@H]2CCN(C(=O)c3cccc(Cl)c3)[C@H]2C1. The number of amides is 2. The molecule has 0 spiro atoms. The quantitative estimate of drug-likeness (QED) is 0.812. The second kappa shape index (κ2) is 6.96. The molecule has 1 aromatic rings. The second-order valence-electron chi connectivity index (χ2n) is 7.28. The summed E-state index contributed by atoms with van der Waals surface area (Å²) in [4.78, 5) is 29.5. The van der Waals surface area contributed by atoms with E-state index in [2.05, 4.69) is 0 Å². The number of carbonyl (C=O) groups is 2. The van der Waals surface area contributed by atoms with Gasteiger partial charge in [-0.05, 0) is 37.5 Å². The summed E-state index contributed by atoms with van der Waals surface area (Å²) < 4.78 is 5.46. The molecular weight excluding hydrogens is 340 g/mol. The number of hydrogen-bond acceptors (Lipinski definition) is 3. The summed E-state index contributed by atoms with van der Waals surface area (Å²) in [5.41, 5.74) is 0.624. The Morgan fingerprint density at radius 1 is 1.20 bits per heavy atom. The fraction of sp³-hybridized carbons (Fsp3) is 0.579. The molecule has 3 fully saturated rings. The molecule has 134 valence electrons. The van der Waals surface area contributed by atoms with Gasteiger partial charge in [-0.25, -0.2) is 0 Å².